The third-order valence-corrected chi connectivity index (χ3v) is 4.76. The van der Waals surface area contributed by atoms with Crippen LogP contribution >= 0.6 is 0 Å². The van der Waals surface area contributed by atoms with Gasteiger partial charge < -0.3 is 14.5 Å². The molecule has 2 aliphatic heterocycles. The molecule has 2 aliphatic rings. The highest BCUT2D eigenvalue weighted by Gasteiger charge is 2.20. The minimum Gasteiger partial charge on any atom is -0.376 e. The van der Waals surface area contributed by atoms with E-state index in [4.69, 9.17) is 4.74 Å². The van der Waals surface area contributed by atoms with Crippen LogP contribution in [0.25, 0.3) is 0 Å². The fourth-order valence-corrected chi connectivity index (χ4v) is 3.47. The Hall–Kier alpha value is -1.36. The summed E-state index contributed by atoms with van der Waals surface area (Å²) in [7, 11) is 2.10. The van der Waals surface area contributed by atoms with Gasteiger partial charge in [-0.2, -0.15) is 0 Å². The van der Waals surface area contributed by atoms with Crippen LogP contribution in [0.4, 0.5) is 11.6 Å². The number of piperidine rings is 1. The van der Waals surface area contributed by atoms with E-state index in [0.717, 1.165) is 50.2 Å². The first-order valence-electron chi connectivity index (χ1n) is 8.62. The summed E-state index contributed by atoms with van der Waals surface area (Å²) in [6.45, 7) is 6.34. The van der Waals surface area contributed by atoms with E-state index < -0.39 is 0 Å². The van der Waals surface area contributed by atoms with Crippen LogP contribution in [0.2, 0.25) is 0 Å². The van der Waals surface area contributed by atoms with Crippen LogP contribution in [0, 0.1) is 5.92 Å². The Morgan fingerprint density at radius 3 is 2.95 bits per heavy atom. The van der Waals surface area contributed by atoms with Gasteiger partial charge in [0.25, 0.3) is 0 Å². The fraction of sp³-hybridized carbons (Fsp3) is 0.765. The van der Waals surface area contributed by atoms with E-state index in [1.54, 1.807) is 6.33 Å². The molecule has 22 heavy (non-hydrogen) atoms. The number of anilines is 2. The number of hydrogen-bond donors (Lipinski definition) is 0. The summed E-state index contributed by atoms with van der Waals surface area (Å²) in [5.74, 6) is 2.81. The summed E-state index contributed by atoms with van der Waals surface area (Å²) < 4.78 is 5.84. The van der Waals surface area contributed by atoms with Crippen molar-refractivity contribution >= 4 is 11.6 Å². The van der Waals surface area contributed by atoms with E-state index in [1.807, 2.05) is 0 Å². The second-order valence-corrected chi connectivity index (χ2v) is 6.80. The Morgan fingerprint density at radius 1 is 1.27 bits per heavy atom. The second kappa shape index (κ2) is 7.27. The molecule has 2 atom stereocenters. The lowest BCUT2D eigenvalue weighted by atomic mass is 10.0. The summed E-state index contributed by atoms with van der Waals surface area (Å²) in [6, 6.07) is 2.13. The van der Waals surface area contributed by atoms with Crippen LogP contribution in [-0.4, -0.2) is 49.4 Å². The van der Waals surface area contributed by atoms with Crippen molar-refractivity contribution in [2.24, 2.45) is 5.92 Å². The molecule has 2 saturated heterocycles. The molecule has 122 valence electrons. The van der Waals surface area contributed by atoms with Gasteiger partial charge in [-0.3, -0.25) is 0 Å². The van der Waals surface area contributed by atoms with Crippen molar-refractivity contribution in [1.29, 1.82) is 0 Å². The van der Waals surface area contributed by atoms with Gasteiger partial charge in [0.15, 0.2) is 0 Å². The van der Waals surface area contributed by atoms with Crippen molar-refractivity contribution in [3.63, 3.8) is 0 Å². The second-order valence-electron chi connectivity index (χ2n) is 6.80. The average Bonchev–Trinajstić information content (AvgIpc) is 2.56. The first kappa shape index (κ1) is 15.5. The highest BCUT2D eigenvalue weighted by Crippen LogP contribution is 2.24. The number of nitrogens with zero attached hydrogens (tertiary/aromatic N) is 4. The molecule has 0 bridgehead atoms. The van der Waals surface area contributed by atoms with E-state index >= 15 is 0 Å². The summed E-state index contributed by atoms with van der Waals surface area (Å²) in [5.41, 5.74) is 0. The lowest BCUT2D eigenvalue weighted by Gasteiger charge is -2.32. The first-order chi connectivity index (χ1) is 10.7. The molecule has 0 amide bonds. The molecule has 5 nitrogen and oxygen atoms in total. The van der Waals surface area contributed by atoms with Crippen molar-refractivity contribution in [1.82, 2.24) is 9.97 Å². The zero-order valence-electron chi connectivity index (χ0n) is 13.9. The van der Waals surface area contributed by atoms with Crippen LogP contribution in [0.15, 0.2) is 12.4 Å². The van der Waals surface area contributed by atoms with Gasteiger partial charge in [0.1, 0.15) is 18.0 Å². The molecule has 2 fully saturated rings. The Labute approximate surface area is 133 Å². The van der Waals surface area contributed by atoms with E-state index in [0.29, 0.717) is 6.10 Å². The maximum absolute atomic E-state index is 5.84. The predicted octanol–water partition coefficient (Wildman–Crippen LogP) is 2.72. The van der Waals surface area contributed by atoms with E-state index in [9.17, 15) is 0 Å². The number of aromatic nitrogens is 2. The zero-order chi connectivity index (χ0) is 15.4. The lowest BCUT2D eigenvalue weighted by molar-refractivity contribution is 0.0215. The molecule has 0 aliphatic carbocycles. The largest absolute Gasteiger partial charge is 0.376 e. The van der Waals surface area contributed by atoms with Gasteiger partial charge in [-0.1, -0.05) is 6.92 Å². The average molecular weight is 304 g/mol. The van der Waals surface area contributed by atoms with Crippen molar-refractivity contribution < 1.29 is 4.74 Å². The maximum Gasteiger partial charge on any atom is 0.134 e. The highest BCUT2D eigenvalue weighted by atomic mass is 16.5. The summed E-state index contributed by atoms with van der Waals surface area (Å²) in [5, 5.41) is 0. The van der Waals surface area contributed by atoms with Gasteiger partial charge in [-0.15, -0.1) is 0 Å². The molecule has 1 aromatic heterocycles. The highest BCUT2D eigenvalue weighted by molar-refractivity contribution is 5.50. The lowest BCUT2D eigenvalue weighted by Crippen LogP contribution is -2.36. The number of ether oxygens (including phenoxy) is 1. The quantitative estimate of drug-likeness (QED) is 0.855. The molecule has 3 rings (SSSR count). The molecule has 5 heteroatoms. The Bertz CT molecular complexity index is 475. The molecule has 2 unspecified atom stereocenters. The fourth-order valence-electron chi connectivity index (χ4n) is 3.47. The van der Waals surface area contributed by atoms with Crippen molar-refractivity contribution in [2.45, 2.75) is 45.1 Å². The van der Waals surface area contributed by atoms with Crippen molar-refractivity contribution in [3.05, 3.63) is 12.4 Å². The molecule has 0 saturated carbocycles. The van der Waals surface area contributed by atoms with Crippen LogP contribution in [0.3, 0.4) is 0 Å². The third kappa shape index (κ3) is 3.88. The SMILES string of the molecule is CC1CCCN(c2cc(N(C)CC3CCCCO3)ncn2)C1. The van der Waals surface area contributed by atoms with Crippen molar-refractivity contribution in [2.75, 3.05) is 43.1 Å². The number of likely N-dealkylation sites (N-methyl/N-ethyl adjacent to an activating group) is 1. The number of rotatable bonds is 4. The molecule has 0 spiro atoms. The Kier molecular flexibility index (Phi) is 5.13. The standard InChI is InChI=1S/C17H28N4O/c1-14-6-5-8-21(11-14)17-10-16(18-13-19-17)20(2)12-15-7-3-4-9-22-15/h10,13-15H,3-9,11-12H2,1-2H3. The van der Waals surface area contributed by atoms with Crippen LogP contribution < -0.4 is 9.80 Å². The van der Waals surface area contributed by atoms with Crippen LogP contribution in [0.5, 0.6) is 0 Å². The van der Waals surface area contributed by atoms with E-state index in [1.165, 1.54) is 25.7 Å². The topological polar surface area (TPSA) is 41.5 Å². The predicted molar refractivity (Wildman–Crippen MR) is 89.5 cm³/mol. The van der Waals surface area contributed by atoms with Gasteiger partial charge in [0.2, 0.25) is 0 Å². The minimum atomic E-state index is 0.340. The molecule has 0 aromatic carbocycles. The van der Waals surface area contributed by atoms with Gasteiger partial charge in [-0.25, -0.2) is 9.97 Å². The Balaban J connectivity index is 1.64. The minimum absolute atomic E-state index is 0.340. The monoisotopic (exact) mass is 304 g/mol. The van der Waals surface area contributed by atoms with Gasteiger partial charge in [-0.05, 0) is 38.0 Å². The van der Waals surface area contributed by atoms with Gasteiger partial charge >= 0.3 is 0 Å². The number of hydrogen-bond acceptors (Lipinski definition) is 5. The van der Waals surface area contributed by atoms with E-state index in [-0.39, 0.29) is 0 Å². The Morgan fingerprint density at radius 2 is 2.18 bits per heavy atom. The first-order valence-corrected chi connectivity index (χ1v) is 8.62. The molecule has 0 radical (unpaired) electrons. The third-order valence-electron chi connectivity index (χ3n) is 4.76. The molecule has 3 heterocycles. The van der Waals surface area contributed by atoms with Gasteiger partial charge in [0, 0.05) is 39.4 Å². The molecule has 0 N–H and O–H groups in total. The normalized spacial score (nSPS) is 26.0. The summed E-state index contributed by atoms with van der Waals surface area (Å²) in [6.07, 6.45) is 8.25. The van der Waals surface area contributed by atoms with E-state index in [2.05, 4.69) is 39.8 Å². The smallest absolute Gasteiger partial charge is 0.134 e. The summed E-state index contributed by atoms with van der Waals surface area (Å²) >= 11 is 0. The molecular formula is C17H28N4O. The van der Waals surface area contributed by atoms with Gasteiger partial charge in [0.05, 0.1) is 6.10 Å². The van der Waals surface area contributed by atoms with Crippen LogP contribution in [0.1, 0.15) is 39.0 Å². The maximum atomic E-state index is 5.84. The van der Waals surface area contributed by atoms with Crippen LogP contribution in [-0.2, 0) is 4.74 Å². The molecule has 1 aromatic rings. The zero-order valence-corrected chi connectivity index (χ0v) is 13.9. The van der Waals surface area contributed by atoms with Crippen molar-refractivity contribution in [3.8, 4) is 0 Å². The molecular weight excluding hydrogens is 276 g/mol. The summed E-state index contributed by atoms with van der Waals surface area (Å²) in [4.78, 5) is 13.5.